The van der Waals surface area contributed by atoms with Gasteiger partial charge < -0.3 is 14.2 Å². The van der Waals surface area contributed by atoms with Gasteiger partial charge in [0.15, 0.2) is 6.10 Å². The van der Waals surface area contributed by atoms with Gasteiger partial charge >= 0.3 is 17.9 Å². The summed E-state index contributed by atoms with van der Waals surface area (Å²) in [6.07, 6.45) is 94.2. The standard InChI is InChI=1S/C73H118O6/c1-4-7-10-13-16-19-22-25-27-29-31-33-35-36-38-39-41-43-45-48-51-54-57-60-63-66-72(75)78-69-70(68-77-71(74)65-62-59-56-53-50-47-24-21-18-15-12-9-6-3)79-73(76)67-64-61-58-55-52-49-46-44-42-40-37-34-32-30-28-26-23-20-17-14-11-8-5-2/h7-8,10-11,16-17,19-21,24-28,31-34,36,38,40,42,46,49,70H,4-6,9,12-15,18,22-23,29-30,35,37,39,41,43-45,47-48,50-69H2,1-3H3/b10-7-,11-8-,19-16-,20-17-,24-21-,27-25-,28-26-,33-31-,34-32-,38-36-,42-40-,49-46-. The first-order valence-electron chi connectivity index (χ1n) is 32.3. The van der Waals surface area contributed by atoms with E-state index < -0.39 is 6.10 Å². The number of carbonyl (C=O) groups is 3. The molecule has 79 heavy (non-hydrogen) atoms. The third-order valence-electron chi connectivity index (χ3n) is 13.3. The Morgan fingerprint density at radius 1 is 0.266 bits per heavy atom. The molecule has 6 nitrogen and oxygen atoms in total. The summed E-state index contributed by atoms with van der Waals surface area (Å²) in [7, 11) is 0. The lowest BCUT2D eigenvalue weighted by Crippen LogP contribution is -2.30. The van der Waals surface area contributed by atoms with E-state index in [0.717, 1.165) is 161 Å². The lowest BCUT2D eigenvalue weighted by molar-refractivity contribution is -0.167. The lowest BCUT2D eigenvalue weighted by atomic mass is 10.1. The summed E-state index contributed by atoms with van der Waals surface area (Å²) in [5.41, 5.74) is 0. The zero-order valence-corrected chi connectivity index (χ0v) is 51.1. The molecule has 6 heteroatoms. The number of hydrogen-bond donors (Lipinski definition) is 0. The van der Waals surface area contributed by atoms with Crippen molar-refractivity contribution < 1.29 is 28.6 Å². The number of unbranched alkanes of at least 4 members (excludes halogenated alkanes) is 22. The minimum absolute atomic E-state index is 0.0991. The Balaban J connectivity index is 4.43. The van der Waals surface area contributed by atoms with Crippen LogP contribution in [0.4, 0.5) is 0 Å². The van der Waals surface area contributed by atoms with Gasteiger partial charge in [0, 0.05) is 19.3 Å². The largest absolute Gasteiger partial charge is 0.462 e. The van der Waals surface area contributed by atoms with Gasteiger partial charge in [-0.3, -0.25) is 14.4 Å². The number of hydrogen-bond acceptors (Lipinski definition) is 6. The minimum Gasteiger partial charge on any atom is -0.462 e. The van der Waals surface area contributed by atoms with E-state index in [2.05, 4.69) is 167 Å². The van der Waals surface area contributed by atoms with Crippen LogP contribution in [0.1, 0.15) is 278 Å². The summed E-state index contributed by atoms with van der Waals surface area (Å²) >= 11 is 0. The van der Waals surface area contributed by atoms with Crippen molar-refractivity contribution in [1.82, 2.24) is 0 Å². The van der Waals surface area contributed by atoms with Gasteiger partial charge in [0.2, 0.25) is 0 Å². The molecule has 0 aromatic carbocycles. The fourth-order valence-electron chi connectivity index (χ4n) is 8.53. The van der Waals surface area contributed by atoms with Crippen LogP contribution in [0.15, 0.2) is 146 Å². The maximum Gasteiger partial charge on any atom is 0.306 e. The van der Waals surface area contributed by atoms with Crippen molar-refractivity contribution in [3.05, 3.63) is 146 Å². The molecule has 0 aliphatic carbocycles. The lowest BCUT2D eigenvalue weighted by Gasteiger charge is -2.18. The van der Waals surface area contributed by atoms with Crippen molar-refractivity contribution in [3.63, 3.8) is 0 Å². The Hall–Kier alpha value is -4.71. The van der Waals surface area contributed by atoms with Crippen LogP contribution >= 0.6 is 0 Å². The maximum atomic E-state index is 12.9. The van der Waals surface area contributed by atoms with E-state index in [1.165, 1.54) is 77.0 Å². The Bertz CT molecular complexity index is 1730. The van der Waals surface area contributed by atoms with Crippen molar-refractivity contribution in [2.24, 2.45) is 0 Å². The molecule has 446 valence electrons. The molecule has 1 unspecified atom stereocenters. The zero-order valence-electron chi connectivity index (χ0n) is 51.1. The van der Waals surface area contributed by atoms with Crippen LogP contribution < -0.4 is 0 Å². The number of allylic oxidation sites excluding steroid dienone is 24. The Morgan fingerprint density at radius 2 is 0.494 bits per heavy atom. The quantitative estimate of drug-likeness (QED) is 0.0261. The van der Waals surface area contributed by atoms with Crippen LogP contribution in [0.2, 0.25) is 0 Å². The highest BCUT2D eigenvalue weighted by molar-refractivity contribution is 5.71. The summed E-state index contributed by atoms with van der Waals surface area (Å²) in [5.74, 6) is -0.938. The van der Waals surface area contributed by atoms with E-state index in [-0.39, 0.29) is 37.5 Å². The monoisotopic (exact) mass is 1090 g/mol. The van der Waals surface area contributed by atoms with Crippen molar-refractivity contribution in [2.45, 2.75) is 284 Å². The zero-order chi connectivity index (χ0) is 57.1. The second kappa shape index (κ2) is 65.8. The average molecular weight is 1090 g/mol. The molecular weight excluding hydrogens is 973 g/mol. The molecule has 0 N–H and O–H groups in total. The number of ether oxygens (including phenoxy) is 3. The van der Waals surface area contributed by atoms with Gasteiger partial charge in [0.1, 0.15) is 13.2 Å². The molecule has 0 radical (unpaired) electrons. The average Bonchev–Trinajstić information content (AvgIpc) is 3.45. The Labute approximate surface area is 487 Å². The maximum absolute atomic E-state index is 12.9. The highest BCUT2D eigenvalue weighted by atomic mass is 16.6. The van der Waals surface area contributed by atoms with Gasteiger partial charge in [-0.05, 0) is 141 Å². The van der Waals surface area contributed by atoms with Gasteiger partial charge in [-0.1, -0.05) is 263 Å². The van der Waals surface area contributed by atoms with Crippen LogP contribution in [-0.4, -0.2) is 37.2 Å². The van der Waals surface area contributed by atoms with Gasteiger partial charge in [0.05, 0.1) is 0 Å². The molecule has 1 atom stereocenters. The molecular formula is C73H118O6. The first-order chi connectivity index (χ1) is 39.0. The highest BCUT2D eigenvalue weighted by Gasteiger charge is 2.19. The normalized spacial score (nSPS) is 13.1. The molecule has 0 spiro atoms. The highest BCUT2D eigenvalue weighted by Crippen LogP contribution is 2.15. The van der Waals surface area contributed by atoms with Crippen molar-refractivity contribution in [2.75, 3.05) is 13.2 Å². The van der Waals surface area contributed by atoms with Gasteiger partial charge in [-0.15, -0.1) is 0 Å². The summed E-state index contributed by atoms with van der Waals surface area (Å²) in [5, 5.41) is 0. The van der Waals surface area contributed by atoms with E-state index in [0.29, 0.717) is 12.8 Å². The molecule has 0 heterocycles. The number of carbonyl (C=O) groups excluding carboxylic acids is 3. The molecule has 0 aliphatic heterocycles. The third-order valence-corrected chi connectivity index (χ3v) is 13.3. The molecule has 0 aliphatic rings. The van der Waals surface area contributed by atoms with Gasteiger partial charge in [-0.25, -0.2) is 0 Å². The Kier molecular flexibility index (Phi) is 61.9. The summed E-state index contributed by atoms with van der Waals surface area (Å²) in [6, 6.07) is 0. The van der Waals surface area contributed by atoms with E-state index >= 15 is 0 Å². The number of rotatable bonds is 57. The molecule has 0 aromatic heterocycles. The van der Waals surface area contributed by atoms with Crippen molar-refractivity contribution in [1.29, 1.82) is 0 Å². The van der Waals surface area contributed by atoms with Crippen LogP contribution in [0, 0.1) is 0 Å². The van der Waals surface area contributed by atoms with Crippen LogP contribution in [0.3, 0.4) is 0 Å². The molecule has 0 fully saturated rings. The second-order valence-corrected chi connectivity index (χ2v) is 20.9. The van der Waals surface area contributed by atoms with Crippen LogP contribution in [0.25, 0.3) is 0 Å². The third kappa shape index (κ3) is 64.0. The molecule has 0 rings (SSSR count). The predicted octanol–water partition coefficient (Wildman–Crippen LogP) is 22.3. The fourth-order valence-corrected chi connectivity index (χ4v) is 8.53. The smallest absolute Gasteiger partial charge is 0.306 e. The van der Waals surface area contributed by atoms with Crippen LogP contribution in [-0.2, 0) is 28.6 Å². The summed E-state index contributed by atoms with van der Waals surface area (Å²) in [6.45, 7) is 6.37. The van der Waals surface area contributed by atoms with Gasteiger partial charge in [-0.2, -0.15) is 0 Å². The molecule has 0 aromatic rings. The summed E-state index contributed by atoms with van der Waals surface area (Å²) in [4.78, 5) is 38.3. The molecule has 0 saturated heterocycles. The van der Waals surface area contributed by atoms with Crippen molar-refractivity contribution >= 4 is 17.9 Å². The van der Waals surface area contributed by atoms with Crippen molar-refractivity contribution in [3.8, 4) is 0 Å². The molecule has 0 amide bonds. The second-order valence-electron chi connectivity index (χ2n) is 20.9. The molecule has 0 bridgehead atoms. The Morgan fingerprint density at radius 3 is 0.785 bits per heavy atom. The summed E-state index contributed by atoms with van der Waals surface area (Å²) < 4.78 is 16.9. The number of esters is 3. The molecule has 0 saturated carbocycles. The van der Waals surface area contributed by atoms with E-state index in [4.69, 9.17) is 14.2 Å². The minimum atomic E-state index is -0.805. The topological polar surface area (TPSA) is 78.9 Å². The SMILES string of the molecule is CC/C=C\C/C=C\C/C=C\C/C=C\C/C=C\C/C=C\CCCCCCC(=O)OC(COC(=O)CCCCCCC/C=C\CCCCCC)COC(=O)CCCCCCCCCCC/C=C\C/C=C\C/C=C\C/C=C\C/C=C\CC. The first kappa shape index (κ1) is 74.3. The van der Waals surface area contributed by atoms with Crippen LogP contribution in [0.5, 0.6) is 0 Å². The van der Waals surface area contributed by atoms with E-state index in [1.807, 2.05) is 0 Å². The predicted molar refractivity (Wildman–Crippen MR) is 343 cm³/mol. The van der Waals surface area contributed by atoms with E-state index in [9.17, 15) is 14.4 Å². The van der Waals surface area contributed by atoms with E-state index in [1.54, 1.807) is 0 Å². The fraction of sp³-hybridized carbons (Fsp3) is 0.630. The van der Waals surface area contributed by atoms with Gasteiger partial charge in [0.25, 0.3) is 0 Å². The first-order valence-corrected chi connectivity index (χ1v) is 32.3.